The van der Waals surface area contributed by atoms with Crippen LogP contribution in [0.2, 0.25) is 0 Å². The molecule has 0 saturated heterocycles. The van der Waals surface area contributed by atoms with E-state index in [9.17, 15) is 9.59 Å². The number of aryl methyl sites for hydroxylation is 1. The second kappa shape index (κ2) is 5.32. The Morgan fingerprint density at radius 2 is 2.05 bits per heavy atom. The van der Waals surface area contributed by atoms with E-state index < -0.39 is 12.1 Å². The summed E-state index contributed by atoms with van der Waals surface area (Å²) in [6.07, 6.45) is 0.781. The number of likely N-dealkylation sites (N-methyl/N-ethyl adjacent to an activating group) is 1. The van der Waals surface area contributed by atoms with Gasteiger partial charge in [0.1, 0.15) is 5.65 Å². The van der Waals surface area contributed by atoms with Gasteiger partial charge in [-0.1, -0.05) is 6.07 Å². The molecular formula is C14H17N3O3. The molecule has 20 heavy (non-hydrogen) atoms. The Morgan fingerprint density at radius 3 is 2.65 bits per heavy atom. The summed E-state index contributed by atoms with van der Waals surface area (Å²) in [5.74, 6) is -0.867. The molecule has 6 nitrogen and oxygen atoms in total. The molecule has 0 aliphatic carbocycles. The van der Waals surface area contributed by atoms with Crippen LogP contribution in [0.3, 0.4) is 0 Å². The van der Waals surface area contributed by atoms with Crippen molar-refractivity contribution in [2.45, 2.75) is 20.0 Å². The molecule has 1 amide bonds. The number of nitrogens with zero attached hydrogens (tertiary/aromatic N) is 3. The normalized spacial score (nSPS) is 12.2. The Morgan fingerprint density at radius 1 is 1.35 bits per heavy atom. The summed E-state index contributed by atoms with van der Waals surface area (Å²) >= 11 is 0. The quantitative estimate of drug-likeness (QED) is 0.791. The third-order valence-corrected chi connectivity index (χ3v) is 2.98. The van der Waals surface area contributed by atoms with Crippen LogP contribution in [0.4, 0.5) is 0 Å². The first-order chi connectivity index (χ1) is 9.40. The molecule has 106 valence electrons. The second-order valence-corrected chi connectivity index (χ2v) is 4.80. The topological polar surface area (TPSA) is 63.9 Å². The van der Waals surface area contributed by atoms with Crippen LogP contribution < -0.4 is 0 Å². The summed E-state index contributed by atoms with van der Waals surface area (Å²) in [6, 6.07) is 5.59. The lowest BCUT2D eigenvalue weighted by molar-refractivity contribution is -0.137. The highest BCUT2D eigenvalue weighted by molar-refractivity contribution is 5.91. The number of ether oxygens (including phenoxy) is 1. The first-order valence-corrected chi connectivity index (χ1v) is 6.27. The number of fused-ring (bicyclic) bond motifs is 1. The number of imidazole rings is 1. The predicted octanol–water partition coefficient (Wildman–Crippen LogP) is 1.28. The van der Waals surface area contributed by atoms with Gasteiger partial charge in [0, 0.05) is 26.0 Å². The van der Waals surface area contributed by atoms with Crippen molar-refractivity contribution in [3.8, 4) is 0 Å². The van der Waals surface area contributed by atoms with Crippen molar-refractivity contribution in [3.05, 3.63) is 35.8 Å². The van der Waals surface area contributed by atoms with Crippen LogP contribution in [0, 0.1) is 6.92 Å². The van der Waals surface area contributed by atoms with Gasteiger partial charge in [0.15, 0.2) is 11.8 Å². The minimum Gasteiger partial charge on any atom is -0.448 e. The Hall–Kier alpha value is -2.37. The molecule has 2 aromatic heterocycles. The molecule has 0 aromatic carbocycles. The molecule has 0 spiro atoms. The van der Waals surface area contributed by atoms with Crippen molar-refractivity contribution in [2.75, 3.05) is 14.1 Å². The molecule has 0 fully saturated rings. The summed E-state index contributed by atoms with van der Waals surface area (Å²) < 4.78 is 6.92. The summed E-state index contributed by atoms with van der Waals surface area (Å²) in [6.45, 7) is 3.46. The molecule has 1 unspecified atom stereocenters. The second-order valence-electron chi connectivity index (χ2n) is 4.80. The number of hydrogen-bond donors (Lipinski definition) is 0. The van der Waals surface area contributed by atoms with E-state index in [1.807, 2.05) is 19.1 Å². The van der Waals surface area contributed by atoms with Crippen LogP contribution in [0.1, 0.15) is 23.1 Å². The molecule has 0 N–H and O–H groups in total. The Kier molecular flexibility index (Phi) is 3.74. The molecule has 0 radical (unpaired) electrons. The monoisotopic (exact) mass is 275 g/mol. The summed E-state index contributed by atoms with van der Waals surface area (Å²) in [5.41, 5.74) is 1.83. The largest absolute Gasteiger partial charge is 0.448 e. The zero-order valence-corrected chi connectivity index (χ0v) is 12.0. The number of rotatable bonds is 3. The van der Waals surface area contributed by atoms with Crippen molar-refractivity contribution in [3.63, 3.8) is 0 Å². The first kappa shape index (κ1) is 14.0. The van der Waals surface area contributed by atoms with Crippen LogP contribution in [-0.2, 0) is 9.53 Å². The van der Waals surface area contributed by atoms with Gasteiger partial charge in [0.2, 0.25) is 0 Å². The van der Waals surface area contributed by atoms with E-state index >= 15 is 0 Å². The molecule has 2 heterocycles. The maximum Gasteiger partial charge on any atom is 0.359 e. The van der Waals surface area contributed by atoms with Gasteiger partial charge < -0.3 is 14.0 Å². The minimum absolute atomic E-state index is 0.192. The van der Waals surface area contributed by atoms with E-state index in [0.29, 0.717) is 5.65 Å². The molecule has 2 rings (SSSR count). The van der Waals surface area contributed by atoms with Crippen molar-refractivity contribution in [1.29, 1.82) is 0 Å². The Labute approximate surface area is 117 Å². The average Bonchev–Trinajstić information content (AvgIpc) is 2.83. The van der Waals surface area contributed by atoms with E-state index in [4.69, 9.17) is 4.74 Å². The van der Waals surface area contributed by atoms with Gasteiger partial charge >= 0.3 is 5.97 Å². The Bertz CT molecular complexity index is 661. The number of aromatic nitrogens is 2. The third kappa shape index (κ3) is 2.64. The smallest absolute Gasteiger partial charge is 0.359 e. The van der Waals surface area contributed by atoms with E-state index in [-0.39, 0.29) is 11.6 Å². The zero-order chi connectivity index (χ0) is 14.9. The molecule has 6 heteroatoms. The maximum atomic E-state index is 12.0. The summed E-state index contributed by atoms with van der Waals surface area (Å²) in [7, 11) is 3.22. The maximum absolute atomic E-state index is 12.0. The molecule has 2 aromatic rings. The number of hydrogen-bond acceptors (Lipinski definition) is 4. The molecule has 0 saturated carbocycles. The molecular weight excluding hydrogens is 258 g/mol. The molecule has 0 aliphatic rings. The molecule has 0 aliphatic heterocycles. The van der Waals surface area contributed by atoms with Gasteiger partial charge in [-0.05, 0) is 26.0 Å². The van der Waals surface area contributed by atoms with Gasteiger partial charge in [0.05, 0.1) is 0 Å². The van der Waals surface area contributed by atoms with Gasteiger partial charge in [-0.15, -0.1) is 0 Å². The van der Waals surface area contributed by atoms with Gasteiger partial charge in [-0.2, -0.15) is 0 Å². The van der Waals surface area contributed by atoms with Crippen LogP contribution in [0.5, 0.6) is 0 Å². The third-order valence-electron chi connectivity index (χ3n) is 2.98. The van der Waals surface area contributed by atoms with E-state index in [0.717, 1.165) is 5.69 Å². The lowest BCUT2D eigenvalue weighted by Gasteiger charge is -2.16. The minimum atomic E-state index is -0.830. The highest BCUT2D eigenvalue weighted by atomic mass is 16.5. The van der Waals surface area contributed by atoms with Gasteiger partial charge in [-0.25, -0.2) is 9.78 Å². The fraction of sp³-hybridized carbons (Fsp3) is 0.357. The van der Waals surface area contributed by atoms with Crippen molar-refractivity contribution < 1.29 is 14.3 Å². The number of carbonyl (C=O) groups is 2. The van der Waals surface area contributed by atoms with E-state index in [2.05, 4.69) is 4.98 Å². The fourth-order valence-electron chi connectivity index (χ4n) is 1.88. The number of amides is 1. The van der Waals surface area contributed by atoms with E-state index in [1.54, 1.807) is 37.7 Å². The van der Waals surface area contributed by atoms with Crippen LogP contribution in [-0.4, -0.2) is 46.4 Å². The van der Waals surface area contributed by atoms with Crippen molar-refractivity contribution >= 4 is 17.5 Å². The highest BCUT2D eigenvalue weighted by Crippen LogP contribution is 2.10. The number of pyridine rings is 1. The van der Waals surface area contributed by atoms with E-state index in [1.165, 1.54) is 4.90 Å². The predicted molar refractivity (Wildman–Crippen MR) is 73.5 cm³/mol. The summed E-state index contributed by atoms with van der Waals surface area (Å²) in [4.78, 5) is 29.2. The van der Waals surface area contributed by atoms with Crippen LogP contribution in [0.25, 0.3) is 5.65 Å². The molecule has 1 atom stereocenters. The fourth-order valence-corrected chi connectivity index (χ4v) is 1.88. The summed E-state index contributed by atoms with van der Waals surface area (Å²) in [5, 5.41) is 0. The lowest BCUT2D eigenvalue weighted by Crippen LogP contribution is -2.34. The average molecular weight is 275 g/mol. The van der Waals surface area contributed by atoms with Crippen molar-refractivity contribution in [1.82, 2.24) is 14.3 Å². The van der Waals surface area contributed by atoms with Gasteiger partial charge in [-0.3, -0.25) is 4.79 Å². The number of carbonyl (C=O) groups excluding carboxylic acids is 2. The highest BCUT2D eigenvalue weighted by Gasteiger charge is 2.22. The lowest BCUT2D eigenvalue weighted by atomic mass is 10.3. The Balaban J connectivity index is 2.20. The van der Waals surface area contributed by atoms with Crippen LogP contribution in [0.15, 0.2) is 24.4 Å². The van der Waals surface area contributed by atoms with Crippen LogP contribution >= 0.6 is 0 Å². The van der Waals surface area contributed by atoms with Crippen molar-refractivity contribution in [2.24, 2.45) is 0 Å². The number of esters is 1. The zero-order valence-electron chi connectivity index (χ0n) is 12.0. The standard InChI is InChI=1S/C14H17N3O3/c1-9-6-5-7-12-15-11(8-17(9)12)14(19)20-10(2)13(18)16(3)4/h5-8,10H,1-4H3. The first-order valence-electron chi connectivity index (χ1n) is 6.27. The molecule has 0 bridgehead atoms. The van der Waals surface area contributed by atoms with Gasteiger partial charge in [0.25, 0.3) is 5.91 Å². The SMILES string of the molecule is Cc1cccc2nc(C(=O)OC(C)C(=O)N(C)C)cn12.